The molecule has 0 saturated carbocycles. The third kappa shape index (κ3) is 2.48. The number of aryl methyl sites for hydroxylation is 1. The normalized spacial score (nSPS) is 14.6. The van der Waals surface area contributed by atoms with Crippen molar-refractivity contribution in [1.29, 1.82) is 0 Å². The molecule has 4 nitrogen and oxygen atoms in total. The highest BCUT2D eigenvalue weighted by Crippen LogP contribution is 2.23. The van der Waals surface area contributed by atoms with Gasteiger partial charge in [-0.3, -0.25) is 9.67 Å². The zero-order valence-corrected chi connectivity index (χ0v) is 10.6. The monoisotopic (exact) mass is 250 g/mol. The number of rotatable bonds is 3. The molecular weight excluding hydrogens is 236 g/mol. The second-order valence-electron chi connectivity index (χ2n) is 4.13. The molecule has 0 aliphatic carbocycles. The molecule has 0 saturated heterocycles. The van der Waals surface area contributed by atoms with Gasteiger partial charge >= 0.3 is 0 Å². The van der Waals surface area contributed by atoms with Gasteiger partial charge in [0, 0.05) is 24.6 Å². The fourth-order valence-corrected chi connectivity index (χ4v) is 2.00. The Balaban J connectivity index is 2.43. The maximum atomic E-state index is 6.04. The molecule has 0 fully saturated rings. The van der Waals surface area contributed by atoms with Crippen molar-refractivity contribution in [3.63, 3.8) is 0 Å². The summed E-state index contributed by atoms with van der Waals surface area (Å²) in [6.45, 7) is 3.83. The van der Waals surface area contributed by atoms with Crippen LogP contribution in [0.3, 0.4) is 0 Å². The zero-order chi connectivity index (χ0) is 12.4. The molecule has 2 heterocycles. The van der Waals surface area contributed by atoms with Crippen molar-refractivity contribution < 1.29 is 0 Å². The van der Waals surface area contributed by atoms with Crippen LogP contribution in [-0.4, -0.2) is 20.8 Å². The smallest absolute Gasteiger partial charge is 0.0918 e. The van der Waals surface area contributed by atoms with Crippen LogP contribution in [0.5, 0.6) is 0 Å². The molecule has 2 atom stereocenters. The third-order valence-electron chi connectivity index (χ3n) is 2.69. The highest BCUT2D eigenvalue weighted by molar-refractivity contribution is 6.31. The van der Waals surface area contributed by atoms with Crippen molar-refractivity contribution in [2.75, 3.05) is 0 Å². The molecular formula is C12H15ClN4. The van der Waals surface area contributed by atoms with E-state index in [9.17, 15) is 0 Å². The molecule has 2 N–H and O–H groups in total. The van der Waals surface area contributed by atoms with Crippen LogP contribution < -0.4 is 5.73 Å². The maximum absolute atomic E-state index is 6.04. The van der Waals surface area contributed by atoms with Crippen LogP contribution in [0.2, 0.25) is 5.02 Å². The van der Waals surface area contributed by atoms with Gasteiger partial charge in [0.05, 0.1) is 16.8 Å². The van der Waals surface area contributed by atoms with Crippen molar-refractivity contribution in [3.05, 3.63) is 47.0 Å². The van der Waals surface area contributed by atoms with Crippen LogP contribution in [0.25, 0.3) is 0 Å². The largest absolute Gasteiger partial charge is 0.326 e. The highest BCUT2D eigenvalue weighted by atomic mass is 35.5. The Labute approximate surface area is 105 Å². The van der Waals surface area contributed by atoms with Crippen LogP contribution in [-0.2, 0) is 0 Å². The molecule has 0 aliphatic heterocycles. The Bertz CT molecular complexity index is 473. The molecule has 0 radical (unpaired) electrons. The van der Waals surface area contributed by atoms with Crippen molar-refractivity contribution in [1.82, 2.24) is 14.8 Å². The van der Waals surface area contributed by atoms with E-state index in [-0.39, 0.29) is 12.1 Å². The van der Waals surface area contributed by atoms with Gasteiger partial charge in [0.1, 0.15) is 0 Å². The van der Waals surface area contributed by atoms with Gasteiger partial charge in [0.25, 0.3) is 0 Å². The first-order chi connectivity index (χ1) is 8.09. The standard InChI is InChI=1S/C12H15ClN4/c1-8(14)12(10-3-5-15-6-4-10)17-7-11(13)9(2)16-17/h3-8,12H,14H2,1-2H3. The van der Waals surface area contributed by atoms with Gasteiger partial charge in [-0.05, 0) is 31.5 Å². The van der Waals surface area contributed by atoms with E-state index in [1.165, 1.54) is 0 Å². The van der Waals surface area contributed by atoms with Crippen LogP contribution in [0, 0.1) is 6.92 Å². The van der Waals surface area contributed by atoms with E-state index in [0.29, 0.717) is 5.02 Å². The maximum Gasteiger partial charge on any atom is 0.0918 e. The first-order valence-corrected chi connectivity index (χ1v) is 5.84. The third-order valence-corrected chi connectivity index (χ3v) is 3.06. The minimum atomic E-state index is -0.0623. The summed E-state index contributed by atoms with van der Waals surface area (Å²) < 4.78 is 1.82. The number of pyridine rings is 1. The van der Waals surface area contributed by atoms with Gasteiger partial charge in [-0.1, -0.05) is 11.6 Å². The molecule has 0 spiro atoms. The lowest BCUT2D eigenvalue weighted by atomic mass is 10.0. The molecule has 0 aromatic carbocycles. The van der Waals surface area contributed by atoms with E-state index in [0.717, 1.165) is 11.3 Å². The minimum absolute atomic E-state index is 0.0239. The second kappa shape index (κ2) is 4.85. The first kappa shape index (κ1) is 12.1. The summed E-state index contributed by atoms with van der Waals surface area (Å²) in [5, 5.41) is 5.05. The molecule has 0 aliphatic rings. The second-order valence-corrected chi connectivity index (χ2v) is 4.53. The van der Waals surface area contributed by atoms with Gasteiger partial charge in [-0.2, -0.15) is 5.10 Å². The van der Waals surface area contributed by atoms with E-state index in [4.69, 9.17) is 17.3 Å². The predicted molar refractivity (Wildman–Crippen MR) is 68.0 cm³/mol. The number of halogens is 1. The lowest BCUT2D eigenvalue weighted by molar-refractivity contribution is 0.452. The number of hydrogen-bond donors (Lipinski definition) is 1. The number of nitrogens with zero attached hydrogens (tertiary/aromatic N) is 3. The molecule has 2 rings (SSSR count). The summed E-state index contributed by atoms with van der Waals surface area (Å²) in [6.07, 6.45) is 5.32. The lowest BCUT2D eigenvalue weighted by Gasteiger charge is -2.21. The average Bonchev–Trinajstić information content (AvgIpc) is 2.60. The lowest BCUT2D eigenvalue weighted by Crippen LogP contribution is -2.30. The molecule has 5 heteroatoms. The van der Waals surface area contributed by atoms with Crippen LogP contribution in [0.15, 0.2) is 30.7 Å². The summed E-state index contributed by atoms with van der Waals surface area (Å²) in [5.74, 6) is 0. The highest BCUT2D eigenvalue weighted by Gasteiger charge is 2.20. The fourth-order valence-electron chi connectivity index (χ4n) is 1.86. The van der Waals surface area contributed by atoms with Crippen LogP contribution >= 0.6 is 11.6 Å². The minimum Gasteiger partial charge on any atom is -0.326 e. The molecule has 90 valence electrons. The van der Waals surface area contributed by atoms with Gasteiger partial charge in [0.15, 0.2) is 0 Å². The summed E-state index contributed by atoms with van der Waals surface area (Å²) in [7, 11) is 0. The zero-order valence-electron chi connectivity index (χ0n) is 9.84. The summed E-state index contributed by atoms with van der Waals surface area (Å²) in [6, 6.07) is 3.80. The number of hydrogen-bond acceptors (Lipinski definition) is 3. The molecule has 2 aromatic rings. The summed E-state index contributed by atoms with van der Waals surface area (Å²) in [5.41, 5.74) is 7.93. The van der Waals surface area contributed by atoms with Gasteiger partial charge in [-0.25, -0.2) is 0 Å². The topological polar surface area (TPSA) is 56.7 Å². The Hall–Kier alpha value is -1.39. The Morgan fingerprint density at radius 2 is 2.00 bits per heavy atom. The van der Waals surface area contributed by atoms with Gasteiger partial charge < -0.3 is 5.73 Å². The van der Waals surface area contributed by atoms with Crippen molar-refractivity contribution >= 4 is 11.6 Å². The van der Waals surface area contributed by atoms with Gasteiger partial charge in [-0.15, -0.1) is 0 Å². The molecule has 2 aromatic heterocycles. The van der Waals surface area contributed by atoms with Gasteiger partial charge in [0.2, 0.25) is 0 Å². The van der Waals surface area contributed by atoms with Crippen molar-refractivity contribution in [3.8, 4) is 0 Å². The Morgan fingerprint density at radius 1 is 1.35 bits per heavy atom. The quantitative estimate of drug-likeness (QED) is 0.908. The first-order valence-electron chi connectivity index (χ1n) is 5.46. The predicted octanol–water partition coefficient (Wildman–Crippen LogP) is 2.18. The Kier molecular flexibility index (Phi) is 3.45. The van der Waals surface area contributed by atoms with E-state index in [1.54, 1.807) is 12.4 Å². The van der Waals surface area contributed by atoms with Crippen LogP contribution in [0.1, 0.15) is 24.2 Å². The molecule has 0 amide bonds. The fraction of sp³-hybridized carbons (Fsp3) is 0.333. The summed E-state index contributed by atoms with van der Waals surface area (Å²) >= 11 is 6.03. The van der Waals surface area contributed by atoms with Crippen molar-refractivity contribution in [2.45, 2.75) is 25.9 Å². The summed E-state index contributed by atoms with van der Waals surface area (Å²) in [4.78, 5) is 4.01. The number of nitrogens with two attached hydrogens (primary N) is 1. The SMILES string of the molecule is Cc1nn(C(c2ccncc2)C(C)N)cc1Cl. The van der Waals surface area contributed by atoms with E-state index >= 15 is 0 Å². The van der Waals surface area contributed by atoms with Crippen LogP contribution in [0.4, 0.5) is 0 Å². The van der Waals surface area contributed by atoms with Crippen molar-refractivity contribution in [2.24, 2.45) is 5.73 Å². The van der Waals surface area contributed by atoms with E-state index in [1.807, 2.05) is 36.9 Å². The molecule has 17 heavy (non-hydrogen) atoms. The van der Waals surface area contributed by atoms with E-state index < -0.39 is 0 Å². The number of aromatic nitrogens is 3. The molecule has 0 bridgehead atoms. The Morgan fingerprint density at radius 3 is 2.47 bits per heavy atom. The van der Waals surface area contributed by atoms with E-state index in [2.05, 4.69) is 10.1 Å². The molecule has 2 unspecified atom stereocenters. The average molecular weight is 251 g/mol.